The molecule has 2 aromatic carbocycles. The zero-order valence-corrected chi connectivity index (χ0v) is 13.2. The quantitative estimate of drug-likeness (QED) is 0.869. The molecule has 0 aliphatic heterocycles. The molecule has 0 saturated carbocycles. The number of hydrogen-bond acceptors (Lipinski definition) is 3. The summed E-state index contributed by atoms with van der Waals surface area (Å²) in [5.74, 6) is -0.161. The molecule has 0 aromatic heterocycles. The van der Waals surface area contributed by atoms with Gasteiger partial charge in [-0.05, 0) is 48.9 Å². The van der Waals surface area contributed by atoms with E-state index in [1.807, 2.05) is 55.5 Å². The number of nitrogens with two attached hydrogens (primary N) is 1. The highest BCUT2D eigenvalue weighted by atomic mass is 35.5. The Morgan fingerprint density at radius 1 is 1.24 bits per heavy atom. The number of nitrogens with one attached hydrogen (secondary N) is 1. The smallest absolute Gasteiger partial charge is 0.241 e. The molecule has 3 N–H and O–H groups in total. The Kier molecular flexibility index (Phi) is 5.67. The number of amides is 1. The molecular formula is C16H17ClN2OS. The average molecular weight is 321 g/mol. The fourth-order valence-electron chi connectivity index (χ4n) is 1.70. The normalized spacial score (nSPS) is 12.0. The van der Waals surface area contributed by atoms with Gasteiger partial charge >= 0.3 is 0 Å². The molecule has 5 heteroatoms. The van der Waals surface area contributed by atoms with Gasteiger partial charge < -0.3 is 11.1 Å². The first kappa shape index (κ1) is 15.9. The summed E-state index contributed by atoms with van der Waals surface area (Å²) in [7, 11) is 0. The highest BCUT2D eigenvalue weighted by molar-refractivity contribution is 7.99. The maximum Gasteiger partial charge on any atom is 0.241 e. The zero-order valence-electron chi connectivity index (χ0n) is 11.7. The van der Waals surface area contributed by atoms with Crippen molar-refractivity contribution in [1.82, 2.24) is 0 Å². The molecule has 0 aliphatic carbocycles. The van der Waals surface area contributed by atoms with Gasteiger partial charge in [0.2, 0.25) is 5.91 Å². The molecule has 110 valence electrons. The SMILES string of the molecule is CCC(N)C(=O)Nc1cccc(Sc2ccc(Cl)cc2)c1. The van der Waals surface area contributed by atoms with Crippen molar-refractivity contribution in [3.05, 3.63) is 53.6 Å². The van der Waals surface area contributed by atoms with E-state index in [0.29, 0.717) is 11.4 Å². The predicted octanol–water partition coefficient (Wildman–Crippen LogP) is 4.17. The minimum Gasteiger partial charge on any atom is -0.325 e. The van der Waals surface area contributed by atoms with Crippen LogP contribution in [-0.2, 0) is 4.79 Å². The lowest BCUT2D eigenvalue weighted by Crippen LogP contribution is -2.34. The van der Waals surface area contributed by atoms with Gasteiger partial charge in [-0.25, -0.2) is 0 Å². The van der Waals surface area contributed by atoms with Crippen molar-refractivity contribution in [2.75, 3.05) is 5.32 Å². The van der Waals surface area contributed by atoms with Crippen LogP contribution in [0.1, 0.15) is 13.3 Å². The van der Waals surface area contributed by atoms with Crippen LogP contribution >= 0.6 is 23.4 Å². The summed E-state index contributed by atoms with van der Waals surface area (Å²) in [6.07, 6.45) is 0.616. The van der Waals surface area contributed by atoms with Crippen LogP contribution in [0, 0.1) is 0 Å². The van der Waals surface area contributed by atoms with E-state index >= 15 is 0 Å². The van der Waals surface area contributed by atoms with Crippen LogP contribution < -0.4 is 11.1 Å². The van der Waals surface area contributed by atoms with Gasteiger partial charge in [0.25, 0.3) is 0 Å². The first-order valence-corrected chi connectivity index (χ1v) is 7.88. The molecule has 3 nitrogen and oxygen atoms in total. The molecular weight excluding hydrogens is 304 g/mol. The third-order valence-electron chi connectivity index (χ3n) is 2.93. The maximum atomic E-state index is 11.8. The van der Waals surface area contributed by atoms with E-state index in [0.717, 1.165) is 15.5 Å². The van der Waals surface area contributed by atoms with E-state index in [1.54, 1.807) is 11.8 Å². The fraction of sp³-hybridized carbons (Fsp3) is 0.188. The maximum absolute atomic E-state index is 11.8. The first-order valence-electron chi connectivity index (χ1n) is 6.68. The third-order valence-corrected chi connectivity index (χ3v) is 4.18. The van der Waals surface area contributed by atoms with E-state index in [9.17, 15) is 4.79 Å². The second kappa shape index (κ2) is 7.50. The summed E-state index contributed by atoms with van der Waals surface area (Å²) in [5, 5.41) is 3.55. The number of carbonyl (C=O) groups is 1. The second-order valence-corrected chi connectivity index (χ2v) is 6.17. The number of benzene rings is 2. The average Bonchev–Trinajstić information content (AvgIpc) is 2.49. The Labute approximate surface area is 133 Å². The highest BCUT2D eigenvalue weighted by Crippen LogP contribution is 2.30. The van der Waals surface area contributed by atoms with Gasteiger partial charge in [0.1, 0.15) is 0 Å². The summed E-state index contributed by atoms with van der Waals surface area (Å²) in [4.78, 5) is 13.9. The Morgan fingerprint density at radius 3 is 2.62 bits per heavy atom. The van der Waals surface area contributed by atoms with Crippen molar-refractivity contribution in [2.45, 2.75) is 29.2 Å². The van der Waals surface area contributed by atoms with Gasteiger partial charge in [0, 0.05) is 20.5 Å². The van der Waals surface area contributed by atoms with Crippen LogP contribution in [0.4, 0.5) is 5.69 Å². The topological polar surface area (TPSA) is 55.1 Å². The molecule has 2 aromatic rings. The third kappa shape index (κ3) is 4.77. The van der Waals surface area contributed by atoms with Crippen LogP contribution in [-0.4, -0.2) is 11.9 Å². The van der Waals surface area contributed by atoms with Gasteiger partial charge in [0.15, 0.2) is 0 Å². The number of carbonyl (C=O) groups excluding carboxylic acids is 1. The van der Waals surface area contributed by atoms with Gasteiger partial charge in [-0.2, -0.15) is 0 Å². The van der Waals surface area contributed by atoms with Crippen LogP contribution in [0.5, 0.6) is 0 Å². The zero-order chi connectivity index (χ0) is 15.2. The molecule has 0 bridgehead atoms. The van der Waals surface area contributed by atoms with Crippen molar-refractivity contribution in [2.24, 2.45) is 5.73 Å². The lowest BCUT2D eigenvalue weighted by Gasteiger charge is -2.11. The van der Waals surface area contributed by atoms with E-state index in [-0.39, 0.29) is 5.91 Å². The van der Waals surface area contributed by atoms with Crippen molar-refractivity contribution < 1.29 is 4.79 Å². The minimum absolute atomic E-state index is 0.161. The number of rotatable bonds is 5. The summed E-state index contributed by atoms with van der Waals surface area (Å²) < 4.78 is 0. The molecule has 0 radical (unpaired) electrons. The Bertz CT molecular complexity index is 616. The van der Waals surface area contributed by atoms with E-state index in [1.165, 1.54) is 0 Å². The lowest BCUT2D eigenvalue weighted by molar-refractivity contribution is -0.117. The predicted molar refractivity (Wildman–Crippen MR) is 88.9 cm³/mol. The fourth-order valence-corrected chi connectivity index (χ4v) is 2.70. The van der Waals surface area contributed by atoms with Crippen molar-refractivity contribution >= 4 is 35.0 Å². The molecule has 1 atom stereocenters. The first-order chi connectivity index (χ1) is 10.1. The van der Waals surface area contributed by atoms with Crippen LogP contribution in [0.15, 0.2) is 58.3 Å². The lowest BCUT2D eigenvalue weighted by atomic mass is 10.2. The summed E-state index contributed by atoms with van der Waals surface area (Å²) in [6, 6.07) is 14.9. The molecule has 0 spiro atoms. The van der Waals surface area contributed by atoms with E-state index < -0.39 is 6.04 Å². The summed E-state index contributed by atoms with van der Waals surface area (Å²) in [5.41, 5.74) is 6.46. The van der Waals surface area contributed by atoms with Crippen molar-refractivity contribution in [3.63, 3.8) is 0 Å². The van der Waals surface area contributed by atoms with Gasteiger partial charge in [0.05, 0.1) is 6.04 Å². The monoisotopic (exact) mass is 320 g/mol. The number of halogens is 1. The standard InChI is InChI=1S/C16H17ClN2OS/c1-2-15(18)16(20)19-12-4-3-5-14(10-12)21-13-8-6-11(17)7-9-13/h3-10,15H,2,18H2,1H3,(H,19,20). The molecule has 1 amide bonds. The van der Waals surface area contributed by atoms with Gasteiger partial charge in [-0.1, -0.05) is 36.4 Å². The number of anilines is 1. The van der Waals surface area contributed by atoms with Crippen LogP contribution in [0.3, 0.4) is 0 Å². The van der Waals surface area contributed by atoms with Crippen molar-refractivity contribution in [1.29, 1.82) is 0 Å². The molecule has 2 rings (SSSR count). The Balaban J connectivity index is 2.07. The van der Waals surface area contributed by atoms with Crippen LogP contribution in [0.2, 0.25) is 5.02 Å². The number of hydrogen-bond donors (Lipinski definition) is 2. The van der Waals surface area contributed by atoms with Gasteiger partial charge in [-0.15, -0.1) is 0 Å². The largest absolute Gasteiger partial charge is 0.325 e. The molecule has 0 fully saturated rings. The Hall–Kier alpha value is -1.49. The van der Waals surface area contributed by atoms with Gasteiger partial charge in [-0.3, -0.25) is 4.79 Å². The van der Waals surface area contributed by atoms with Crippen LogP contribution in [0.25, 0.3) is 0 Å². The Morgan fingerprint density at radius 2 is 1.95 bits per heavy atom. The molecule has 0 heterocycles. The molecule has 0 aliphatic rings. The van der Waals surface area contributed by atoms with E-state index in [4.69, 9.17) is 17.3 Å². The summed E-state index contributed by atoms with van der Waals surface area (Å²) >= 11 is 7.48. The minimum atomic E-state index is -0.474. The van der Waals surface area contributed by atoms with Crippen molar-refractivity contribution in [3.8, 4) is 0 Å². The second-order valence-electron chi connectivity index (χ2n) is 4.59. The molecule has 21 heavy (non-hydrogen) atoms. The summed E-state index contributed by atoms with van der Waals surface area (Å²) in [6.45, 7) is 1.89. The molecule has 0 saturated heterocycles. The molecule has 1 unspecified atom stereocenters. The van der Waals surface area contributed by atoms with E-state index in [2.05, 4.69) is 5.32 Å². The highest BCUT2D eigenvalue weighted by Gasteiger charge is 2.11.